The van der Waals surface area contributed by atoms with Gasteiger partial charge in [0.1, 0.15) is 0 Å². The Balaban J connectivity index is 1.49. The maximum absolute atomic E-state index is 3.79. The minimum Gasteiger partial charge on any atom is -0.382 e. The van der Waals surface area contributed by atoms with Crippen molar-refractivity contribution in [2.75, 3.05) is 5.32 Å². The number of rotatable bonds is 3. The Morgan fingerprint density at radius 3 is 2.52 bits per heavy atom. The Hall–Kier alpha value is -1.02. The SMILES string of the molecule is Brc1ccc2cc(NC3CCCC(C4CC4)C3)ccc2c1. The molecule has 0 radical (unpaired) electrons. The summed E-state index contributed by atoms with van der Waals surface area (Å²) in [7, 11) is 0. The fraction of sp³-hybridized carbons (Fsp3) is 0.474. The van der Waals surface area contributed by atoms with Gasteiger partial charge < -0.3 is 5.32 Å². The van der Waals surface area contributed by atoms with Crippen LogP contribution in [0, 0.1) is 11.8 Å². The molecule has 4 rings (SSSR count). The lowest BCUT2D eigenvalue weighted by atomic mass is 9.82. The Bertz CT molecular complexity index is 647. The van der Waals surface area contributed by atoms with Gasteiger partial charge in [-0.05, 0) is 72.6 Å². The highest BCUT2D eigenvalue weighted by atomic mass is 79.9. The van der Waals surface area contributed by atoms with Crippen LogP contribution in [0.4, 0.5) is 5.69 Å². The quantitative estimate of drug-likeness (QED) is 0.722. The third-order valence-corrected chi connectivity index (χ3v) is 5.67. The third-order valence-electron chi connectivity index (χ3n) is 5.18. The predicted molar refractivity (Wildman–Crippen MR) is 93.7 cm³/mol. The molecule has 2 saturated carbocycles. The largest absolute Gasteiger partial charge is 0.382 e. The Kier molecular flexibility index (Phi) is 3.66. The van der Waals surface area contributed by atoms with Crippen LogP contribution in [0.5, 0.6) is 0 Å². The number of nitrogens with one attached hydrogen (secondary N) is 1. The van der Waals surface area contributed by atoms with Crippen molar-refractivity contribution in [2.24, 2.45) is 11.8 Å². The summed E-state index contributed by atoms with van der Waals surface area (Å²) in [6.45, 7) is 0. The minimum atomic E-state index is 0.678. The van der Waals surface area contributed by atoms with Crippen LogP contribution in [0.2, 0.25) is 0 Å². The van der Waals surface area contributed by atoms with Gasteiger partial charge in [0.2, 0.25) is 0 Å². The number of fused-ring (bicyclic) bond motifs is 1. The van der Waals surface area contributed by atoms with Crippen LogP contribution in [0.3, 0.4) is 0 Å². The van der Waals surface area contributed by atoms with Crippen molar-refractivity contribution in [3.63, 3.8) is 0 Å². The summed E-state index contributed by atoms with van der Waals surface area (Å²) in [5.41, 5.74) is 1.28. The standard InChI is InChI=1S/C19H22BrN/c20-17-8-6-16-12-19(9-7-15(16)10-17)21-18-3-1-2-14(11-18)13-4-5-13/h6-10,12-14,18,21H,1-5,11H2. The monoisotopic (exact) mass is 343 g/mol. The van der Waals surface area contributed by atoms with Crippen LogP contribution in [0.15, 0.2) is 40.9 Å². The zero-order valence-electron chi connectivity index (χ0n) is 12.3. The molecule has 110 valence electrons. The molecule has 2 aromatic rings. The second-order valence-corrected chi connectivity index (χ2v) is 7.73. The van der Waals surface area contributed by atoms with Gasteiger partial charge in [0.05, 0.1) is 0 Å². The lowest BCUT2D eigenvalue weighted by Gasteiger charge is -2.30. The molecule has 2 aliphatic carbocycles. The zero-order valence-corrected chi connectivity index (χ0v) is 13.9. The lowest BCUT2D eigenvalue weighted by molar-refractivity contribution is 0.303. The molecule has 0 amide bonds. The van der Waals surface area contributed by atoms with Crippen LogP contribution in [0.25, 0.3) is 10.8 Å². The van der Waals surface area contributed by atoms with E-state index in [4.69, 9.17) is 0 Å². The van der Waals surface area contributed by atoms with Crippen LogP contribution in [0.1, 0.15) is 38.5 Å². The van der Waals surface area contributed by atoms with Crippen LogP contribution in [-0.2, 0) is 0 Å². The van der Waals surface area contributed by atoms with Gasteiger partial charge in [-0.2, -0.15) is 0 Å². The highest BCUT2D eigenvalue weighted by Gasteiger charge is 2.34. The molecule has 21 heavy (non-hydrogen) atoms. The molecule has 0 saturated heterocycles. The van der Waals surface area contributed by atoms with Gasteiger partial charge in [0.25, 0.3) is 0 Å². The van der Waals surface area contributed by atoms with E-state index in [2.05, 4.69) is 57.6 Å². The highest BCUT2D eigenvalue weighted by Crippen LogP contribution is 2.44. The molecule has 0 aromatic heterocycles. The number of hydrogen-bond acceptors (Lipinski definition) is 1. The van der Waals surface area contributed by atoms with E-state index >= 15 is 0 Å². The van der Waals surface area contributed by atoms with Gasteiger partial charge in [-0.3, -0.25) is 0 Å². The molecule has 0 bridgehead atoms. The van der Waals surface area contributed by atoms with E-state index in [1.54, 1.807) is 0 Å². The Morgan fingerprint density at radius 2 is 1.67 bits per heavy atom. The van der Waals surface area contributed by atoms with Crippen molar-refractivity contribution >= 4 is 32.4 Å². The average molecular weight is 344 g/mol. The summed E-state index contributed by atoms with van der Waals surface area (Å²) < 4.78 is 1.15. The van der Waals surface area contributed by atoms with Gasteiger partial charge >= 0.3 is 0 Å². The van der Waals surface area contributed by atoms with Crippen molar-refractivity contribution in [3.8, 4) is 0 Å². The van der Waals surface area contributed by atoms with Crippen molar-refractivity contribution in [3.05, 3.63) is 40.9 Å². The fourth-order valence-corrected chi connectivity index (χ4v) is 4.28. The molecule has 2 aromatic carbocycles. The number of halogens is 1. The van der Waals surface area contributed by atoms with Crippen molar-refractivity contribution < 1.29 is 0 Å². The van der Waals surface area contributed by atoms with Gasteiger partial charge in [-0.1, -0.05) is 40.9 Å². The molecule has 2 unspecified atom stereocenters. The molecular formula is C19H22BrN. The van der Waals surface area contributed by atoms with Gasteiger partial charge in [-0.15, -0.1) is 0 Å². The summed E-state index contributed by atoms with van der Waals surface area (Å²) in [6.07, 6.45) is 8.56. The highest BCUT2D eigenvalue weighted by molar-refractivity contribution is 9.10. The van der Waals surface area contributed by atoms with E-state index < -0.39 is 0 Å². The predicted octanol–water partition coefficient (Wildman–Crippen LogP) is 5.98. The van der Waals surface area contributed by atoms with Gasteiger partial charge in [0.15, 0.2) is 0 Å². The minimum absolute atomic E-state index is 0.678. The maximum atomic E-state index is 3.79. The van der Waals surface area contributed by atoms with E-state index in [-0.39, 0.29) is 0 Å². The van der Waals surface area contributed by atoms with Crippen molar-refractivity contribution in [2.45, 2.75) is 44.6 Å². The van der Waals surface area contributed by atoms with Crippen LogP contribution in [-0.4, -0.2) is 6.04 Å². The first-order valence-corrected chi connectivity index (χ1v) is 9.03. The summed E-state index contributed by atoms with van der Waals surface area (Å²) in [4.78, 5) is 0. The third kappa shape index (κ3) is 3.11. The molecule has 0 spiro atoms. The van der Waals surface area contributed by atoms with Gasteiger partial charge in [0, 0.05) is 16.2 Å². The lowest BCUT2D eigenvalue weighted by Crippen LogP contribution is -2.28. The van der Waals surface area contributed by atoms with Crippen molar-refractivity contribution in [1.29, 1.82) is 0 Å². The average Bonchev–Trinajstić information content (AvgIpc) is 3.32. The topological polar surface area (TPSA) is 12.0 Å². The first kappa shape index (κ1) is 13.6. The molecule has 0 aliphatic heterocycles. The maximum Gasteiger partial charge on any atom is 0.0348 e. The van der Waals surface area contributed by atoms with Crippen LogP contribution >= 0.6 is 15.9 Å². The second kappa shape index (κ2) is 5.64. The van der Waals surface area contributed by atoms with E-state index in [9.17, 15) is 0 Å². The van der Waals surface area contributed by atoms with Crippen LogP contribution < -0.4 is 5.32 Å². The summed E-state index contributed by atoms with van der Waals surface area (Å²) in [5, 5.41) is 6.41. The Labute approximate surface area is 135 Å². The molecule has 1 N–H and O–H groups in total. The Morgan fingerprint density at radius 1 is 0.857 bits per heavy atom. The molecule has 0 heterocycles. The van der Waals surface area contributed by atoms with E-state index in [0.29, 0.717) is 6.04 Å². The molecule has 1 nitrogen and oxygen atoms in total. The second-order valence-electron chi connectivity index (χ2n) is 6.81. The normalized spacial score (nSPS) is 26.0. The number of anilines is 1. The number of benzene rings is 2. The summed E-state index contributed by atoms with van der Waals surface area (Å²) in [5.74, 6) is 2.05. The zero-order chi connectivity index (χ0) is 14.2. The number of hydrogen-bond donors (Lipinski definition) is 1. The smallest absolute Gasteiger partial charge is 0.0348 e. The van der Waals surface area contributed by atoms with E-state index in [1.807, 2.05) is 0 Å². The molecule has 2 fully saturated rings. The molecule has 2 aliphatic rings. The first-order chi connectivity index (χ1) is 10.3. The first-order valence-electron chi connectivity index (χ1n) is 8.24. The van der Waals surface area contributed by atoms with Gasteiger partial charge in [-0.25, -0.2) is 0 Å². The van der Waals surface area contributed by atoms with E-state index in [1.165, 1.54) is 55.0 Å². The summed E-state index contributed by atoms with van der Waals surface area (Å²) >= 11 is 3.54. The molecular weight excluding hydrogens is 322 g/mol. The fourth-order valence-electron chi connectivity index (χ4n) is 3.90. The van der Waals surface area contributed by atoms with Crippen molar-refractivity contribution in [1.82, 2.24) is 0 Å². The summed E-state index contributed by atoms with van der Waals surface area (Å²) in [6, 6.07) is 13.9. The van der Waals surface area contributed by atoms with E-state index in [0.717, 1.165) is 16.3 Å². The molecule has 2 atom stereocenters. The molecule has 2 heteroatoms.